The van der Waals surface area contributed by atoms with E-state index in [0.717, 1.165) is 0 Å². The van der Waals surface area contributed by atoms with E-state index in [1.54, 1.807) is 0 Å². The fourth-order valence-electron chi connectivity index (χ4n) is 1.55. The van der Waals surface area contributed by atoms with Crippen molar-refractivity contribution >= 4 is 34.6 Å². The van der Waals surface area contributed by atoms with E-state index < -0.39 is 5.82 Å². The van der Waals surface area contributed by atoms with Crippen LogP contribution in [0.2, 0.25) is 5.02 Å². The van der Waals surface area contributed by atoms with E-state index in [4.69, 9.17) is 23.1 Å². The molecule has 1 aromatic rings. The largest absolute Gasteiger partial charge is 0.397 e. The molecular formula is C13H20ClFN4O. The highest BCUT2D eigenvalue weighted by molar-refractivity contribution is 6.33. The number of nitrogen functional groups attached to an aromatic ring is 2. The maximum atomic E-state index is 13.8. The van der Waals surface area contributed by atoms with Crippen molar-refractivity contribution < 1.29 is 9.18 Å². The van der Waals surface area contributed by atoms with Gasteiger partial charge in [-0.1, -0.05) is 25.4 Å². The van der Waals surface area contributed by atoms with E-state index >= 15 is 0 Å². The minimum Gasteiger partial charge on any atom is -0.397 e. The molecule has 5 nitrogen and oxygen atoms in total. The molecule has 1 aromatic carbocycles. The first-order valence-electron chi connectivity index (χ1n) is 6.36. The third-order valence-electron chi connectivity index (χ3n) is 2.63. The maximum Gasteiger partial charge on any atom is 0.221 e. The first kappa shape index (κ1) is 16.4. The molecule has 0 saturated carbocycles. The minimum atomic E-state index is -0.702. The van der Waals surface area contributed by atoms with Gasteiger partial charge in [0.25, 0.3) is 0 Å². The summed E-state index contributed by atoms with van der Waals surface area (Å²) in [4.78, 5) is 11.5. The Hall–Kier alpha value is -1.69. The molecule has 112 valence electrons. The Morgan fingerprint density at radius 1 is 1.40 bits per heavy atom. The smallest absolute Gasteiger partial charge is 0.221 e. The topological polar surface area (TPSA) is 93.2 Å². The van der Waals surface area contributed by atoms with Gasteiger partial charge in [0.05, 0.1) is 17.1 Å². The normalized spacial score (nSPS) is 10.7. The highest BCUT2D eigenvalue weighted by Gasteiger charge is 2.14. The number of halogens is 2. The number of hydrogen-bond acceptors (Lipinski definition) is 4. The van der Waals surface area contributed by atoms with E-state index in [1.165, 1.54) is 6.07 Å². The fourth-order valence-corrected chi connectivity index (χ4v) is 1.70. The summed E-state index contributed by atoms with van der Waals surface area (Å²) >= 11 is 5.71. The van der Waals surface area contributed by atoms with Gasteiger partial charge in [0.15, 0.2) is 5.82 Å². The van der Waals surface area contributed by atoms with Crippen molar-refractivity contribution in [2.45, 2.75) is 20.3 Å². The Morgan fingerprint density at radius 3 is 2.65 bits per heavy atom. The Kier molecular flexibility index (Phi) is 5.88. The summed E-state index contributed by atoms with van der Waals surface area (Å²) in [5.74, 6) is -0.422. The first-order valence-corrected chi connectivity index (χ1v) is 6.74. The summed E-state index contributed by atoms with van der Waals surface area (Å²) in [6.45, 7) is 4.88. The van der Waals surface area contributed by atoms with Crippen molar-refractivity contribution in [1.29, 1.82) is 0 Å². The second-order valence-corrected chi connectivity index (χ2v) is 5.31. The van der Waals surface area contributed by atoms with Crippen molar-refractivity contribution in [3.05, 3.63) is 16.9 Å². The van der Waals surface area contributed by atoms with Crippen molar-refractivity contribution in [3.8, 4) is 0 Å². The third-order valence-corrected chi connectivity index (χ3v) is 3.01. The van der Waals surface area contributed by atoms with Gasteiger partial charge in [-0.15, -0.1) is 0 Å². The molecule has 0 aliphatic heterocycles. The Bertz CT molecular complexity index is 494. The Morgan fingerprint density at radius 2 is 2.05 bits per heavy atom. The van der Waals surface area contributed by atoms with Crippen LogP contribution >= 0.6 is 11.6 Å². The van der Waals surface area contributed by atoms with Crippen molar-refractivity contribution in [2.75, 3.05) is 29.9 Å². The molecule has 0 saturated heterocycles. The zero-order valence-electron chi connectivity index (χ0n) is 11.6. The highest BCUT2D eigenvalue weighted by atomic mass is 35.5. The van der Waals surface area contributed by atoms with Gasteiger partial charge in [-0.05, 0) is 12.0 Å². The summed E-state index contributed by atoms with van der Waals surface area (Å²) < 4.78 is 13.8. The van der Waals surface area contributed by atoms with Crippen LogP contribution in [0.4, 0.5) is 21.5 Å². The van der Waals surface area contributed by atoms with E-state index in [1.807, 2.05) is 13.8 Å². The van der Waals surface area contributed by atoms with Crippen molar-refractivity contribution in [3.63, 3.8) is 0 Å². The van der Waals surface area contributed by atoms with Gasteiger partial charge < -0.3 is 22.1 Å². The monoisotopic (exact) mass is 302 g/mol. The number of hydrogen-bond donors (Lipinski definition) is 4. The number of benzene rings is 1. The van der Waals surface area contributed by atoms with Gasteiger partial charge in [0.1, 0.15) is 5.02 Å². The van der Waals surface area contributed by atoms with Crippen LogP contribution in [-0.4, -0.2) is 19.0 Å². The molecule has 20 heavy (non-hydrogen) atoms. The molecule has 0 heterocycles. The molecule has 0 fully saturated rings. The second kappa shape index (κ2) is 7.19. The van der Waals surface area contributed by atoms with Gasteiger partial charge in [-0.2, -0.15) is 0 Å². The quantitative estimate of drug-likeness (QED) is 0.606. The zero-order chi connectivity index (χ0) is 15.3. The molecular weight excluding hydrogens is 283 g/mol. The lowest BCUT2D eigenvalue weighted by molar-refractivity contribution is -0.120. The van der Waals surface area contributed by atoms with Crippen LogP contribution in [0, 0.1) is 11.7 Å². The highest BCUT2D eigenvalue weighted by Crippen LogP contribution is 2.33. The number of nitrogens with one attached hydrogen (secondary N) is 2. The maximum absolute atomic E-state index is 13.8. The second-order valence-electron chi connectivity index (χ2n) is 4.93. The Balaban J connectivity index is 2.55. The Labute approximate surface area is 122 Å². The van der Waals surface area contributed by atoms with Crippen LogP contribution in [0.1, 0.15) is 20.3 Å². The number of nitrogens with two attached hydrogens (primary N) is 2. The van der Waals surface area contributed by atoms with E-state index in [2.05, 4.69) is 10.6 Å². The number of carbonyl (C=O) groups excluding carboxylic acids is 1. The molecule has 1 amide bonds. The van der Waals surface area contributed by atoms with Crippen LogP contribution < -0.4 is 22.1 Å². The molecule has 0 radical (unpaired) electrons. The fraction of sp³-hybridized carbons (Fsp3) is 0.462. The molecule has 0 atom stereocenters. The summed E-state index contributed by atoms with van der Waals surface area (Å²) in [5.41, 5.74) is 11.5. The van der Waals surface area contributed by atoms with Crippen LogP contribution in [0.3, 0.4) is 0 Å². The predicted molar refractivity (Wildman–Crippen MR) is 81.2 cm³/mol. The summed E-state index contributed by atoms with van der Waals surface area (Å²) in [5, 5.41) is 5.36. The molecule has 0 aromatic heterocycles. The molecule has 0 spiro atoms. The van der Waals surface area contributed by atoms with Crippen LogP contribution in [0.5, 0.6) is 0 Å². The number of amides is 1. The van der Waals surface area contributed by atoms with Crippen molar-refractivity contribution in [2.24, 2.45) is 5.92 Å². The molecule has 6 N–H and O–H groups in total. The molecule has 1 rings (SSSR count). The van der Waals surface area contributed by atoms with Gasteiger partial charge in [-0.3, -0.25) is 4.79 Å². The number of carbonyl (C=O) groups is 1. The van der Waals surface area contributed by atoms with E-state index in [9.17, 15) is 9.18 Å². The van der Waals surface area contributed by atoms with Gasteiger partial charge >= 0.3 is 0 Å². The first-order chi connectivity index (χ1) is 9.32. The lowest BCUT2D eigenvalue weighted by atomic mass is 10.2. The lowest BCUT2D eigenvalue weighted by Gasteiger charge is -2.13. The molecule has 0 unspecified atom stereocenters. The van der Waals surface area contributed by atoms with Crippen LogP contribution in [0.15, 0.2) is 6.07 Å². The van der Waals surface area contributed by atoms with Gasteiger partial charge in [0, 0.05) is 19.5 Å². The van der Waals surface area contributed by atoms with E-state index in [-0.39, 0.29) is 41.0 Å². The molecule has 0 aliphatic rings. The lowest BCUT2D eigenvalue weighted by Crippen LogP contribution is -2.28. The van der Waals surface area contributed by atoms with E-state index in [0.29, 0.717) is 12.5 Å². The number of anilines is 3. The molecule has 7 heteroatoms. The average molecular weight is 303 g/mol. The summed E-state index contributed by atoms with van der Waals surface area (Å²) in [7, 11) is 0. The average Bonchev–Trinajstić information content (AvgIpc) is 2.37. The summed E-state index contributed by atoms with van der Waals surface area (Å²) in [6.07, 6.45) is 0.216. The zero-order valence-corrected chi connectivity index (χ0v) is 12.4. The van der Waals surface area contributed by atoms with Crippen LogP contribution in [-0.2, 0) is 4.79 Å². The van der Waals surface area contributed by atoms with Gasteiger partial charge in [-0.25, -0.2) is 4.39 Å². The van der Waals surface area contributed by atoms with Gasteiger partial charge in [0.2, 0.25) is 5.91 Å². The number of rotatable bonds is 6. The standard InChI is InChI=1S/C13H20ClFN4O/c1-7(2)6-19-10(20)3-4-18-13-9(17)5-8(16)11(14)12(13)15/h5,7,18H,3-4,6,16-17H2,1-2H3,(H,19,20). The molecule has 0 aliphatic carbocycles. The third kappa shape index (κ3) is 4.45. The predicted octanol–water partition coefficient (Wildman–Crippen LogP) is 2.22. The molecule has 0 bridgehead atoms. The van der Waals surface area contributed by atoms with Crippen LogP contribution in [0.25, 0.3) is 0 Å². The SMILES string of the molecule is CC(C)CNC(=O)CCNc1c(N)cc(N)c(Cl)c1F. The summed E-state index contributed by atoms with van der Waals surface area (Å²) in [6, 6.07) is 1.38. The van der Waals surface area contributed by atoms with Crippen molar-refractivity contribution in [1.82, 2.24) is 5.32 Å². The minimum absolute atomic E-state index is 0.0702.